The number of nitrogens with two attached hydrogens (primary N) is 1. The van der Waals surface area contributed by atoms with Crippen molar-refractivity contribution in [2.45, 2.75) is 81.8 Å². The molecule has 21 heavy (non-hydrogen) atoms. The van der Waals surface area contributed by atoms with Crippen molar-refractivity contribution < 1.29 is 9.26 Å². The average molecular weight is 293 g/mol. The number of rotatable bonds is 3. The molecule has 0 atom stereocenters. The first kappa shape index (κ1) is 15.0. The van der Waals surface area contributed by atoms with Gasteiger partial charge in [-0.05, 0) is 25.7 Å². The number of ether oxygens (including phenoxy) is 1. The second-order valence-electron chi connectivity index (χ2n) is 6.75. The summed E-state index contributed by atoms with van der Waals surface area (Å²) in [6.07, 6.45) is 12.2. The van der Waals surface area contributed by atoms with Crippen LogP contribution in [0.3, 0.4) is 0 Å². The molecule has 0 bridgehead atoms. The molecule has 2 aliphatic rings. The Morgan fingerprint density at radius 1 is 0.952 bits per heavy atom. The van der Waals surface area contributed by atoms with Gasteiger partial charge in [0.05, 0.1) is 5.54 Å². The minimum atomic E-state index is -0.439. The van der Waals surface area contributed by atoms with Crippen LogP contribution in [0, 0.1) is 0 Å². The van der Waals surface area contributed by atoms with Gasteiger partial charge in [-0.3, -0.25) is 0 Å². The molecule has 0 amide bonds. The van der Waals surface area contributed by atoms with Crippen LogP contribution in [0.1, 0.15) is 82.3 Å². The SMILES string of the molecule is COC1(c2noc(C3(N)CCCCCC3)n2)CCCCC1. The summed E-state index contributed by atoms with van der Waals surface area (Å²) in [5, 5.41) is 4.24. The lowest BCUT2D eigenvalue weighted by Gasteiger charge is -2.32. The first-order valence-corrected chi connectivity index (χ1v) is 8.37. The summed E-state index contributed by atoms with van der Waals surface area (Å²) in [4.78, 5) is 4.69. The predicted molar refractivity (Wildman–Crippen MR) is 79.6 cm³/mol. The van der Waals surface area contributed by atoms with Crippen molar-refractivity contribution in [2.75, 3.05) is 7.11 Å². The summed E-state index contributed by atoms with van der Waals surface area (Å²) in [6, 6.07) is 0. The fourth-order valence-electron chi connectivity index (χ4n) is 3.83. The quantitative estimate of drug-likeness (QED) is 0.865. The first-order chi connectivity index (χ1) is 10.2. The van der Waals surface area contributed by atoms with Gasteiger partial charge < -0.3 is 15.0 Å². The third-order valence-corrected chi connectivity index (χ3v) is 5.31. The lowest BCUT2D eigenvalue weighted by atomic mass is 9.84. The second kappa shape index (κ2) is 6.05. The normalized spacial score (nSPS) is 25.4. The number of methoxy groups -OCH3 is 1. The number of nitrogens with zero attached hydrogens (tertiary/aromatic N) is 2. The highest BCUT2D eigenvalue weighted by Crippen LogP contribution is 2.40. The van der Waals surface area contributed by atoms with Crippen molar-refractivity contribution in [1.82, 2.24) is 10.1 Å². The zero-order valence-electron chi connectivity index (χ0n) is 13.1. The molecule has 2 saturated carbocycles. The zero-order chi connectivity index (χ0) is 14.8. The highest BCUT2D eigenvalue weighted by atomic mass is 16.5. The van der Waals surface area contributed by atoms with Crippen LogP contribution in [0.4, 0.5) is 0 Å². The predicted octanol–water partition coefficient (Wildman–Crippen LogP) is 3.38. The fourth-order valence-corrected chi connectivity index (χ4v) is 3.83. The highest BCUT2D eigenvalue weighted by molar-refractivity contribution is 5.08. The van der Waals surface area contributed by atoms with E-state index in [0.29, 0.717) is 11.7 Å². The molecule has 2 fully saturated rings. The summed E-state index contributed by atoms with van der Waals surface area (Å²) in [6.45, 7) is 0. The Kier molecular flexibility index (Phi) is 4.31. The summed E-state index contributed by atoms with van der Waals surface area (Å²) in [5.41, 5.74) is 5.77. The van der Waals surface area contributed by atoms with E-state index in [2.05, 4.69) is 10.1 Å². The van der Waals surface area contributed by atoms with E-state index in [4.69, 9.17) is 15.0 Å². The Hall–Kier alpha value is -0.940. The van der Waals surface area contributed by atoms with E-state index < -0.39 is 5.54 Å². The van der Waals surface area contributed by atoms with Gasteiger partial charge in [-0.1, -0.05) is 50.1 Å². The van der Waals surface area contributed by atoms with Crippen molar-refractivity contribution in [1.29, 1.82) is 0 Å². The molecule has 0 radical (unpaired) electrons. The molecule has 118 valence electrons. The summed E-state index contributed by atoms with van der Waals surface area (Å²) >= 11 is 0. The van der Waals surface area contributed by atoms with Crippen molar-refractivity contribution >= 4 is 0 Å². The summed E-state index contributed by atoms with van der Waals surface area (Å²) in [5.74, 6) is 1.31. The molecule has 0 saturated heterocycles. The molecule has 0 aromatic carbocycles. The van der Waals surface area contributed by atoms with Crippen LogP contribution in [-0.4, -0.2) is 17.3 Å². The van der Waals surface area contributed by atoms with Gasteiger partial charge in [0.25, 0.3) is 0 Å². The van der Waals surface area contributed by atoms with Crippen LogP contribution in [0.5, 0.6) is 0 Å². The van der Waals surface area contributed by atoms with Crippen LogP contribution < -0.4 is 5.73 Å². The summed E-state index contributed by atoms with van der Waals surface area (Å²) in [7, 11) is 1.76. The van der Waals surface area contributed by atoms with E-state index in [9.17, 15) is 0 Å². The number of hydrogen-bond donors (Lipinski definition) is 1. The molecule has 1 aromatic rings. The van der Waals surface area contributed by atoms with Gasteiger partial charge in [0.15, 0.2) is 0 Å². The van der Waals surface area contributed by atoms with Crippen LogP contribution >= 0.6 is 0 Å². The minimum absolute atomic E-state index is 0.360. The van der Waals surface area contributed by atoms with Gasteiger partial charge >= 0.3 is 0 Å². The highest BCUT2D eigenvalue weighted by Gasteiger charge is 2.41. The second-order valence-corrected chi connectivity index (χ2v) is 6.75. The van der Waals surface area contributed by atoms with E-state index in [1.807, 2.05) is 0 Å². The van der Waals surface area contributed by atoms with E-state index in [0.717, 1.165) is 51.4 Å². The molecule has 1 aromatic heterocycles. The van der Waals surface area contributed by atoms with Crippen molar-refractivity contribution in [3.05, 3.63) is 11.7 Å². The van der Waals surface area contributed by atoms with Gasteiger partial charge in [0.1, 0.15) is 5.60 Å². The number of aromatic nitrogens is 2. The van der Waals surface area contributed by atoms with Gasteiger partial charge in [0, 0.05) is 7.11 Å². The van der Waals surface area contributed by atoms with Crippen LogP contribution in [0.25, 0.3) is 0 Å². The summed E-state index contributed by atoms with van der Waals surface area (Å²) < 4.78 is 11.4. The number of hydrogen-bond acceptors (Lipinski definition) is 5. The molecule has 2 aliphatic carbocycles. The Morgan fingerprint density at radius 2 is 1.52 bits per heavy atom. The van der Waals surface area contributed by atoms with Gasteiger partial charge in [0.2, 0.25) is 11.7 Å². The lowest BCUT2D eigenvalue weighted by molar-refractivity contribution is -0.0527. The van der Waals surface area contributed by atoms with Crippen molar-refractivity contribution in [2.24, 2.45) is 5.73 Å². The van der Waals surface area contributed by atoms with E-state index in [-0.39, 0.29) is 5.60 Å². The lowest BCUT2D eigenvalue weighted by Crippen LogP contribution is -2.37. The molecule has 0 unspecified atom stereocenters. The molecule has 3 rings (SSSR count). The molecule has 5 nitrogen and oxygen atoms in total. The molecule has 1 heterocycles. The van der Waals surface area contributed by atoms with Crippen LogP contribution in [0.15, 0.2) is 4.52 Å². The van der Waals surface area contributed by atoms with Gasteiger partial charge in [-0.15, -0.1) is 0 Å². The molecular formula is C16H27N3O2. The largest absolute Gasteiger partial charge is 0.370 e. The van der Waals surface area contributed by atoms with Crippen molar-refractivity contribution in [3.8, 4) is 0 Å². The van der Waals surface area contributed by atoms with Crippen LogP contribution in [-0.2, 0) is 15.9 Å². The first-order valence-electron chi connectivity index (χ1n) is 8.37. The maximum Gasteiger partial charge on any atom is 0.246 e. The Bertz CT molecular complexity index is 458. The standard InChI is InChI=1S/C16H27N3O2/c1-20-16(11-7-4-8-12-16)13-18-14(21-19-13)15(17)9-5-2-3-6-10-15/h2-12,17H2,1H3. The van der Waals surface area contributed by atoms with E-state index in [1.54, 1.807) is 7.11 Å². The monoisotopic (exact) mass is 293 g/mol. The third kappa shape index (κ3) is 2.86. The maximum atomic E-state index is 6.57. The fraction of sp³-hybridized carbons (Fsp3) is 0.875. The maximum absolute atomic E-state index is 6.57. The minimum Gasteiger partial charge on any atom is -0.370 e. The zero-order valence-corrected chi connectivity index (χ0v) is 13.1. The van der Waals surface area contributed by atoms with E-state index >= 15 is 0 Å². The molecule has 2 N–H and O–H groups in total. The molecule has 0 aliphatic heterocycles. The Labute approximate surface area is 126 Å². The topological polar surface area (TPSA) is 74.2 Å². The molecule has 0 spiro atoms. The van der Waals surface area contributed by atoms with Gasteiger partial charge in [-0.2, -0.15) is 4.98 Å². The van der Waals surface area contributed by atoms with Crippen molar-refractivity contribution in [3.63, 3.8) is 0 Å². The third-order valence-electron chi connectivity index (χ3n) is 5.31. The van der Waals surface area contributed by atoms with E-state index in [1.165, 1.54) is 19.3 Å². The van der Waals surface area contributed by atoms with Crippen LogP contribution in [0.2, 0.25) is 0 Å². The molecule has 5 heteroatoms. The average Bonchev–Trinajstić information content (AvgIpc) is 2.93. The Balaban J connectivity index is 1.84. The molecular weight excluding hydrogens is 266 g/mol. The smallest absolute Gasteiger partial charge is 0.246 e. The Morgan fingerprint density at radius 3 is 2.14 bits per heavy atom. The van der Waals surface area contributed by atoms with Gasteiger partial charge in [-0.25, -0.2) is 0 Å².